The van der Waals surface area contributed by atoms with Gasteiger partial charge in [0, 0.05) is 37.8 Å². The number of hydrogen-bond acceptors (Lipinski definition) is 8. The molecule has 228 valence electrons. The molecule has 4 radical (unpaired) electrons. The van der Waals surface area contributed by atoms with Gasteiger partial charge in [-0.1, -0.05) is 26.7 Å². The second-order valence-corrected chi connectivity index (χ2v) is 9.01. The van der Waals surface area contributed by atoms with Crippen LogP contribution in [0.5, 0.6) is 0 Å². The van der Waals surface area contributed by atoms with Crippen LogP contribution in [-0.4, -0.2) is 80.1 Å². The molecule has 2 atom stereocenters. The van der Waals surface area contributed by atoms with Crippen molar-refractivity contribution in [2.24, 2.45) is 11.8 Å². The van der Waals surface area contributed by atoms with E-state index in [1.807, 2.05) is 13.8 Å². The topological polar surface area (TPSA) is 208 Å². The molecule has 0 aliphatic heterocycles. The number of ketones is 2. The lowest BCUT2D eigenvalue weighted by molar-refractivity contribution is -0.138. The van der Waals surface area contributed by atoms with Gasteiger partial charge >= 0.3 is 14.0 Å². The van der Waals surface area contributed by atoms with Crippen LogP contribution in [0.15, 0.2) is 0 Å². The predicted molar refractivity (Wildman–Crippen MR) is 152 cm³/mol. The maximum Gasteiger partial charge on any atom is 0.378 e. The van der Waals surface area contributed by atoms with Crippen LogP contribution in [0.4, 0.5) is 0 Å². The summed E-state index contributed by atoms with van der Waals surface area (Å²) in [7, 11) is 8.16. The van der Waals surface area contributed by atoms with E-state index in [2.05, 4.69) is 31.4 Å². The van der Waals surface area contributed by atoms with Crippen molar-refractivity contribution < 1.29 is 49.0 Å². The fourth-order valence-electron chi connectivity index (χ4n) is 3.55. The molecule has 0 aliphatic rings. The molecule has 0 rings (SSSR count). The van der Waals surface area contributed by atoms with Crippen molar-refractivity contribution in [3.8, 4) is 0 Å². The molecule has 0 aliphatic carbocycles. The number of carbonyl (C=O) groups excluding carboxylic acids is 5. The Morgan fingerprint density at radius 2 is 1.07 bits per heavy atom. The van der Waals surface area contributed by atoms with Crippen molar-refractivity contribution in [2.75, 3.05) is 13.1 Å². The number of aliphatic carboxylic acids is 1. The summed E-state index contributed by atoms with van der Waals surface area (Å²) in [4.78, 5) is 65.8. The molecular formula is C26H48B2N2O10. The van der Waals surface area contributed by atoms with Crippen molar-refractivity contribution in [2.45, 2.75) is 105 Å². The highest BCUT2D eigenvalue weighted by molar-refractivity contribution is 6.05. The molecule has 6 N–H and O–H groups in total. The molecule has 0 bridgehead atoms. The zero-order chi connectivity index (χ0) is 30.6. The van der Waals surface area contributed by atoms with Crippen molar-refractivity contribution in [3.63, 3.8) is 0 Å². The third kappa shape index (κ3) is 29.8. The van der Waals surface area contributed by atoms with Gasteiger partial charge in [0.25, 0.3) is 14.0 Å². The number of nitrogens with one attached hydrogen (secondary N) is 2. The molecule has 40 heavy (non-hydrogen) atoms. The van der Waals surface area contributed by atoms with Crippen molar-refractivity contribution in [1.29, 1.82) is 0 Å². The lowest BCUT2D eigenvalue weighted by atomic mass is 9.95. The molecule has 2 amide bonds. The average molecular weight is 570 g/mol. The fourth-order valence-corrected chi connectivity index (χ4v) is 3.55. The quantitative estimate of drug-likeness (QED) is 0.123. The molecule has 12 nitrogen and oxygen atoms in total. The van der Waals surface area contributed by atoms with Crippen LogP contribution in [0.1, 0.15) is 105 Å². The number of unbranched alkanes of at least 4 members (excludes halogenated alkanes) is 2. The Morgan fingerprint density at radius 3 is 1.38 bits per heavy atom. The normalized spacial score (nSPS) is 11.0. The van der Waals surface area contributed by atoms with E-state index in [4.69, 9.17) is 10.1 Å². The Hall–Kier alpha value is -2.73. The number of Topliss-reactive ketones (excluding diaryl/α,β-unsaturated/α-hetero) is 2. The van der Waals surface area contributed by atoms with Crippen LogP contribution < -0.4 is 10.6 Å². The molecule has 0 aromatic rings. The summed E-state index contributed by atoms with van der Waals surface area (Å²) in [5, 5.41) is 20.3. The first-order chi connectivity index (χ1) is 18.5. The van der Waals surface area contributed by atoms with E-state index in [9.17, 15) is 28.8 Å². The third-order valence-electron chi connectivity index (χ3n) is 5.99. The summed E-state index contributed by atoms with van der Waals surface area (Å²) in [5.41, 5.74) is 0. The van der Waals surface area contributed by atoms with Gasteiger partial charge in [-0.25, -0.2) is 0 Å². The second-order valence-electron chi connectivity index (χ2n) is 9.01. The number of carboxylic acid groups (broad SMARTS) is 1. The highest BCUT2D eigenvalue weighted by atomic mass is 16.5. The molecule has 0 heterocycles. The van der Waals surface area contributed by atoms with Crippen LogP contribution >= 0.6 is 0 Å². The van der Waals surface area contributed by atoms with Crippen LogP contribution in [0.25, 0.3) is 0 Å². The SMILES string of the molecule is CCC(CCCCNC(=O)CCC(=O)O)C(C)=O.O.[B]O.[B]OC(=O)CCC(=O)NCCCCC(CC)C(C)=O. The van der Waals surface area contributed by atoms with Crippen LogP contribution in [0.2, 0.25) is 0 Å². The number of hydrogen-bond donors (Lipinski definition) is 4. The molecule has 0 saturated carbocycles. The Bertz CT molecular complexity index is 724. The first kappa shape index (κ1) is 44.3. The molecule has 0 aromatic carbocycles. The van der Waals surface area contributed by atoms with E-state index >= 15 is 0 Å². The van der Waals surface area contributed by atoms with E-state index < -0.39 is 11.9 Å². The molecule has 0 spiro atoms. The third-order valence-corrected chi connectivity index (χ3v) is 5.99. The largest absolute Gasteiger partial charge is 0.543 e. The lowest BCUT2D eigenvalue weighted by Crippen LogP contribution is -2.25. The first-order valence-electron chi connectivity index (χ1n) is 13.4. The van der Waals surface area contributed by atoms with Gasteiger partial charge in [-0.2, -0.15) is 0 Å². The van der Waals surface area contributed by atoms with Gasteiger partial charge in [-0.15, -0.1) is 0 Å². The van der Waals surface area contributed by atoms with E-state index in [1.165, 1.54) is 0 Å². The van der Waals surface area contributed by atoms with Crippen molar-refractivity contribution in [3.05, 3.63) is 0 Å². The van der Waals surface area contributed by atoms with Gasteiger partial charge < -0.3 is 30.9 Å². The molecule has 2 unspecified atom stereocenters. The Balaban J connectivity index is -0.000000298. The van der Waals surface area contributed by atoms with Crippen molar-refractivity contribution in [1.82, 2.24) is 10.6 Å². The number of amides is 2. The average Bonchev–Trinajstić information content (AvgIpc) is 2.91. The van der Waals surface area contributed by atoms with Gasteiger partial charge in [0.2, 0.25) is 11.8 Å². The van der Waals surface area contributed by atoms with E-state index in [1.54, 1.807) is 13.8 Å². The van der Waals surface area contributed by atoms with Crippen LogP contribution in [0.3, 0.4) is 0 Å². The summed E-state index contributed by atoms with van der Waals surface area (Å²) in [5.74, 6) is -1.25. The van der Waals surface area contributed by atoms with Gasteiger partial charge in [-0.3, -0.25) is 28.8 Å². The monoisotopic (exact) mass is 570 g/mol. The predicted octanol–water partition coefficient (Wildman–Crippen LogP) is 1.29. The second kappa shape index (κ2) is 30.8. The van der Waals surface area contributed by atoms with Gasteiger partial charge in [-0.05, 0) is 52.4 Å². The minimum Gasteiger partial charge on any atom is -0.543 e. The van der Waals surface area contributed by atoms with Crippen molar-refractivity contribution >= 4 is 51.4 Å². The van der Waals surface area contributed by atoms with E-state index in [0.29, 0.717) is 13.1 Å². The summed E-state index contributed by atoms with van der Waals surface area (Å²) < 4.78 is 3.95. The van der Waals surface area contributed by atoms with E-state index in [0.717, 1.165) is 51.4 Å². The molecule has 0 saturated heterocycles. The summed E-state index contributed by atoms with van der Waals surface area (Å²) in [6.07, 6.45) is 6.88. The van der Waals surface area contributed by atoms with Gasteiger partial charge in [0.05, 0.1) is 12.8 Å². The maximum absolute atomic E-state index is 11.3. The molecule has 0 aromatic heterocycles. The highest BCUT2D eigenvalue weighted by Crippen LogP contribution is 2.14. The summed E-state index contributed by atoms with van der Waals surface area (Å²) >= 11 is 0. The molecule has 0 fully saturated rings. The highest BCUT2D eigenvalue weighted by Gasteiger charge is 2.12. The molecular weight excluding hydrogens is 522 g/mol. The number of carbonyl (C=O) groups is 6. The first-order valence-corrected chi connectivity index (χ1v) is 13.4. The minimum absolute atomic E-state index is 0. The summed E-state index contributed by atoms with van der Waals surface area (Å²) in [6, 6.07) is 0. The number of carboxylic acids is 1. The standard InChI is InChI=1S/C13H22BNO4.C13H23NO4.BHO.H2O/c1-3-11(10(2)16)6-4-5-9-15-12(17)7-8-13(18)19-14;1-3-11(10(2)15)6-4-5-9-14-12(16)7-8-13(17)18;1-2;/h11H,3-9H2,1-2H3,(H,15,17);11H,3-9H2,1-2H3,(H,14,16)(H,17,18);2H;1H2. The fraction of sp³-hybridized carbons (Fsp3) is 0.769. The van der Waals surface area contributed by atoms with Crippen LogP contribution in [-0.2, 0) is 33.4 Å². The van der Waals surface area contributed by atoms with Gasteiger partial charge in [0.15, 0.2) is 0 Å². The maximum atomic E-state index is 11.3. The van der Waals surface area contributed by atoms with Crippen LogP contribution in [0, 0.1) is 11.8 Å². The summed E-state index contributed by atoms with van der Waals surface area (Å²) in [6.45, 7) is 8.34. The number of rotatable bonds is 20. The minimum atomic E-state index is -0.961. The zero-order valence-electron chi connectivity index (χ0n) is 24.5. The van der Waals surface area contributed by atoms with Gasteiger partial charge in [0.1, 0.15) is 11.6 Å². The lowest BCUT2D eigenvalue weighted by Gasteiger charge is -2.10. The Labute approximate surface area is 240 Å². The smallest absolute Gasteiger partial charge is 0.378 e. The molecule has 14 heteroatoms. The zero-order valence-corrected chi connectivity index (χ0v) is 24.5. The Kier molecular flexibility index (Phi) is 34.1. The van der Waals surface area contributed by atoms with E-state index in [-0.39, 0.29) is 66.4 Å². The Morgan fingerprint density at radius 1 is 0.700 bits per heavy atom.